The molecule has 8 aromatic carbocycles. The molecule has 65 heavy (non-hydrogen) atoms. The van der Waals surface area contributed by atoms with Gasteiger partial charge in [0.15, 0.2) is 0 Å². The van der Waals surface area contributed by atoms with E-state index in [4.69, 9.17) is 0 Å². The molecule has 0 heterocycles. The van der Waals surface area contributed by atoms with Crippen LogP contribution in [0.15, 0.2) is 243 Å². The molecule has 0 bridgehead atoms. The van der Waals surface area contributed by atoms with E-state index in [1.165, 1.54) is 77.3 Å². The predicted molar refractivity (Wildman–Crippen MR) is 279 cm³/mol. The van der Waals surface area contributed by atoms with Crippen molar-refractivity contribution in [1.82, 2.24) is 0 Å². The van der Waals surface area contributed by atoms with Crippen molar-refractivity contribution in [2.45, 2.75) is 31.1 Å². The molecule has 3 aliphatic rings. The van der Waals surface area contributed by atoms with Gasteiger partial charge < -0.3 is 4.90 Å². The van der Waals surface area contributed by atoms with E-state index in [2.05, 4.69) is 254 Å². The van der Waals surface area contributed by atoms with Crippen molar-refractivity contribution < 1.29 is 0 Å². The van der Waals surface area contributed by atoms with E-state index in [9.17, 15) is 0 Å². The lowest BCUT2D eigenvalue weighted by Crippen LogP contribution is -2.18. The summed E-state index contributed by atoms with van der Waals surface area (Å²) in [7, 11) is 0. The summed E-state index contributed by atoms with van der Waals surface area (Å²) in [5, 5.41) is 4.92. The van der Waals surface area contributed by atoms with Gasteiger partial charge in [0.2, 0.25) is 0 Å². The number of hydrogen-bond acceptors (Lipinski definition) is 1. The molecule has 0 aliphatic heterocycles. The summed E-state index contributed by atoms with van der Waals surface area (Å²) in [5.41, 5.74) is 16.0. The van der Waals surface area contributed by atoms with Gasteiger partial charge in [-0.2, -0.15) is 0 Å². The minimum absolute atomic E-state index is 0.0777. The Kier molecular flexibility index (Phi) is 10.7. The van der Waals surface area contributed by atoms with E-state index >= 15 is 0 Å². The smallest absolute Gasteiger partial charge is 0.0461 e. The maximum absolute atomic E-state index is 4.54. The van der Waals surface area contributed by atoms with Crippen LogP contribution in [0.3, 0.4) is 0 Å². The first-order chi connectivity index (χ1) is 32.1. The van der Waals surface area contributed by atoms with E-state index in [1.54, 1.807) is 0 Å². The number of rotatable bonds is 12. The number of hydrogen-bond donors (Lipinski definition) is 0. The van der Waals surface area contributed by atoms with Gasteiger partial charge in [-0.05, 0) is 139 Å². The molecule has 0 radical (unpaired) electrons. The zero-order valence-electron chi connectivity index (χ0n) is 36.7. The molecule has 2 atom stereocenters. The van der Waals surface area contributed by atoms with E-state index in [-0.39, 0.29) is 5.41 Å². The Morgan fingerprint density at radius 3 is 2.00 bits per heavy atom. The molecule has 1 saturated carbocycles. The fourth-order valence-electron chi connectivity index (χ4n) is 10.2. The molecular weight excluding hydrogens is 783 g/mol. The molecule has 1 nitrogen and oxygen atoms in total. The van der Waals surface area contributed by atoms with Gasteiger partial charge >= 0.3 is 0 Å². The van der Waals surface area contributed by atoms with Crippen molar-refractivity contribution in [3.05, 3.63) is 276 Å². The summed E-state index contributed by atoms with van der Waals surface area (Å²) >= 11 is 0. The van der Waals surface area contributed by atoms with Crippen LogP contribution in [-0.4, -0.2) is 0 Å². The average molecular weight is 834 g/mol. The summed E-state index contributed by atoms with van der Waals surface area (Å²) < 4.78 is 0. The molecule has 1 fully saturated rings. The summed E-state index contributed by atoms with van der Waals surface area (Å²) in [4.78, 5) is 2.39. The molecule has 0 amide bonds. The van der Waals surface area contributed by atoms with Gasteiger partial charge in [0, 0.05) is 23.0 Å². The van der Waals surface area contributed by atoms with Gasteiger partial charge in [-0.3, -0.25) is 0 Å². The monoisotopic (exact) mass is 833 g/mol. The second-order valence-corrected chi connectivity index (χ2v) is 17.6. The molecule has 0 aromatic heterocycles. The predicted octanol–water partition coefficient (Wildman–Crippen LogP) is 16.5. The largest absolute Gasteiger partial charge is 0.317 e. The number of nitrogens with zero attached hydrogens (tertiary/aromatic N) is 1. The number of fused-ring (bicyclic) bond motifs is 3. The van der Waals surface area contributed by atoms with Crippen LogP contribution in [-0.2, 0) is 18.3 Å². The minimum atomic E-state index is 0.0777. The zero-order chi connectivity index (χ0) is 43.6. The SMILES string of the molecule is C=Cc1c(/C=C/N(C2=CC3CC3(c3ccccc3)C=C2)c2ccc3ccccc3c2)c(-c2ccccc2)c2ccc(CCc3ccc(C4=CC=CCC=C4)cc3)cc2c1-c1ccccc1. The maximum Gasteiger partial charge on any atom is 0.0461 e. The van der Waals surface area contributed by atoms with Crippen LogP contribution < -0.4 is 4.90 Å². The molecule has 312 valence electrons. The Bertz CT molecular complexity index is 3250. The Labute approximate surface area is 383 Å². The Balaban J connectivity index is 1.03. The number of aryl methyl sites for hydroxylation is 2. The van der Waals surface area contributed by atoms with Crippen LogP contribution in [0.2, 0.25) is 0 Å². The van der Waals surface area contributed by atoms with Crippen molar-refractivity contribution in [2.24, 2.45) is 5.92 Å². The highest BCUT2D eigenvalue weighted by Crippen LogP contribution is 2.59. The minimum Gasteiger partial charge on any atom is -0.317 e. The first-order valence-electron chi connectivity index (χ1n) is 23.1. The fourth-order valence-corrected chi connectivity index (χ4v) is 10.2. The maximum atomic E-state index is 4.54. The summed E-state index contributed by atoms with van der Waals surface area (Å²) in [6, 6.07) is 64.6. The highest BCUT2D eigenvalue weighted by atomic mass is 15.1. The molecule has 0 saturated heterocycles. The van der Waals surface area contributed by atoms with E-state index in [0.717, 1.165) is 42.5 Å². The van der Waals surface area contributed by atoms with Gasteiger partial charge in [0.05, 0.1) is 0 Å². The molecule has 0 spiro atoms. The normalized spacial score (nSPS) is 17.4. The second-order valence-electron chi connectivity index (χ2n) is 17.6. The third-order valence-corrected chi connectivity index (χ3v) is 13.7. The van der Waals surface area contributed by atoms with Crippen molar-refractivity contribution in [2.75, 3.05) is 4.90 Å². The number of allylic oxidation sites excluding steroid dienone is 9. The average Bonchev–Trinajstić information content (AvgIpc) is 4.17. The lowest BCUT2D eigenvalue weighted by atomic mass is 9.82. The van der Waals surface area contributed by atoms with Gasteiger partial charge in [-0.1, -0.05) is 219 Å². The fraction of sp³-hybridized carbons (Fsp3) is 0.0938. The van der Waals surface area contributed by atoms with Crippen LogP contribution in [0.1, 0.15) is 46.2 Å². The van der Waals surface area contributed by atoms with Gasteiger partial charge in [0.1, 0.15) is 0 Å². The van der Waals surface area contributed by atoms with E-state index in [0.29, 0.717) is 5.92 Å². The van der Waals surface area contributed by atoms with Crippen LogP contribution in [0.25, 0.3) is 61.5 Å². The topological polar surface area (TPSA) is 3.24 Å². The van der Waals surface area contributed by atoms with E-state index < -0.39 is 0 Å². The molecular formula is C64H51N. The highest BCUT2D eigenvalue weighted by Gasteiger charge is 2.53. The Morgan fingerprint density at radius 1 is 0.585 bits per heavy atom. The standard InChI is InChI=1S/C64H51N/c1-2-58-60(39-41-65(56-36-35-49-20-16-17-25-53(49)43-56)57-38-40-64(45-55(64)44-57)54-26-14-7-15-27-54)63(52-23-12-6-13-24-52)59-37-32-47(42-61(59)62(58)51-21-10-5-11-22-51)29-28-46-30-33-50(34-31-46)48-18-8-3-4-9-19-48/h2-3,5-27,30-44,55H,1,4,28-29,45H2/b41-39+. The molecule has 1 heteroatoms. The molecule has 3 aliphatic carbocycles. The lowest BCUT2D eigenvalue weighted by Gasteiger charge is -2.27. The lowest BCUT2D eigenvalue weighted by molar-refractivity contribution is 0.807. The third-order valence-electron chi connectivity index (χ3n) is 13.7. The first kappa shape index (κ1) is 40.1. The van der Waals surface area contributed by atoms with Crippen LogP contribution >= 0.6 is 0 Å². The summed E-state index contributed by atoms with van der Waals surface area (Å²) in [6.07, 6.45) is 29.0. The Hall–Kier alpha value is -7.74. The molecule has 8 aromatic rings. The van der Waals surface area contributed by atoms with Gasteiger partial charge in [0.25, 0.3) is 0 Å². The first-order valence-corrected chi connectivity index (χ1v) is 23.1. The molecule has 2 unspecified atom stereocenters. The van der Waals surface area contributed by atoms with Gasteiger partial charge in [-0.25, -0.2) is 0 Å². The second kappa shape index (κ2) is 17.4. The summed E-state index contributed by atoms with van der Waals surface area (Å²) in [5.74, 6) is 0.447. The van der Waals surface area contributed by atoms with Crippen LogP contribution in [0, 0.1) is 5.92 Å². The quantitative estimate of drug-likeness (QED) is 0.119. The number of benzene rings is 8. The summed E-state index contributed by atoms with van der Waals surface area (Å²) in [6.45, 7) is 4.54. The van der Waals surface area contributed by atoms with Crippen molar-refractivity contribution in [1.29, 1.82) is 0 Å². The van der Waals surface area contributed by atoms with Crippen molar-refractivity contribution in [3.63, 3.8) is 0 Å². The molecule has 0 N–H and O–H groups in total. The van der Waals surface area contributed by atoms with Crippen molar-refractivity contribution >= 4 is 45.0 Å². The van der Waals surface area contributed by atoms with Gasteiger partial charge in [-0.15, -0.1) is 0 Å². The van der Waals surface area contributed by atoms with Crippen molar-refractivity contribution in [3.8, 4) is 22.3 Å². The Morgan fingerprint density at radius 2 is 1.26 bits per heavy atom. The zero-order valence-corrected chi connectivity index (χ0v) is 36.7. The van der Waals surface area contributed by atoms with Crippen LogP contribution in [0.5, 0.6) is 0 Å². The third kappa shape index (κ3) is 7.85. The highest BCUT2D eigenvalue weighted by molar-refractivity contribution is 6.12. The van der Waals surface area contributed by atoms with Crippen LogP contribution in [0.4, 0.5) is 5.69 Å². The molecule has 11 rings (SSSR count). The number of anilines is 1. The van der Waals surface area contributed by atoms with E-state index in [1.807, 2.05) is 0 Å².